The van der Waals surface area contributed by atoms with E-state index in [1.54, 1.807) is 6.08 Å². The van der Waals surface area contributed by atoms with Gasteiger partial charge >= 0.3 is 6.09 Å². The number of hydrogen-bond acceptors (Lipinski definition) is 8. The van der Waals surface area contributed by atoms with Crippen LogP contribution in [0.15, 0.2) is 54.3 Å². The van der Waals surface area contributed by atoms with E-state index in [9.17, 15) is 14.4 Å². The molecule has 1 aromatic rings. The summed E-state index contributed by atoms with van der Waals surface area (Å²) in [6, 6.07) is 8.93. The van der Waals surface area contributed by atoms with Crippen molar-refractivity contribution >= 4 is 17.8 Å². The van der Waals surface area contributed by atoms with Crippen molar-refractivity contribution in [3.8, 4) is 0 Å². The fourth-order valence-corrected chi connectivity index (χ4v) is 3.54. The van der Waals surface area contributed by atoms with Gasteiger partial charge in [-0.1, -0.05) is 30.3 Å². The minimum atomic E-state index is -1.31. The van der Waals surface area contributed by atoms with Gasteiger partial charge in [-0.15, -0.1) is 0 Å². The molecule has 2 aliphatic rings. The molecule has 3 rings (SSSR count). The second-order valence-electron chi connectivity index (χ2n) is 7.29. The lowest BCUT2D eigenvalue weighted by Gasteiger charge is -2.30. The largest absolute Gasteiger partial charge is 0.479 e. The van der Waals surface area contributed by atoms with Crippen LogP contribution in [0.4, 0.5) is 4.79 Å². The molecule has 2 aliphatic heterocycles. The van der Waals surface area contributed by atoms with E-state index in [-0.39, 0.29) is 19.8 Å². The molecule has 0 bridgehead atoms. The molecule has 1 fully saturated rings. The Morgan fingerprint density at radius 2 is 2.03 bits per heavy atom. The third-order valence-electron chi connectivity index (χ3n) is 5.08. The number of methoxy groups -OCH3 is 1. The topological polar surface area (TPSA) is 112 Å². The number of ether oxygens (including phenoxy) is 4. The molecule has 0 spiro atoms. The molecule has 9 heteroatoms. The number of allylic oxidation sites excluding steroid dienone is 1. The van der Waals surface area contributed by atoms with Gasteiger partial charge in [-0.2, -0.15) is 0 Å². The molecule has 1 aromatic carbocycles. The normalized spacial score (nSPS) is 22.7. The van der Waals surface area contributed by atoms with Gasteiger partial charge in [-0.3, -0.25) is 9.59 Å². The Labute approximate surface area is 186 Å². The van der Waals surface area contributed by atoms with Crippen molar-refractivity contribution < 1.29 is 38.4 Å². The Morgan fingerprint density at radius 1 is 1.25 bits per heavy atom. The number of hydrogen-bond donors (Lipinski definition) is 1. The summed E-state index contributed by atoms with van der Waals surface area (Å²) in [7, 11) is 1.29. The van der Waals surface area contributed by atoms with E-state index in [4.69, 9.17) is 24.1 Å². The number of aliphatic hydroxyl groups excluding tert-OH is 1. The van der Waals surface area contributed by atoms with Gasteiger partial charge in [0.1, 0.15) is 12.4 Å². The Morgan fingerprint density at radius 3 is 2.75 bits per heavy atom. The zero-order valence-corrected chi connectivity index (χ0v) is 17.8. The molecule has 0 aromatic heterocycles. The predicted molar refractivity (Wildman–Crippen MR) is 113 cm³/mol. The number of aliphatic hydroxyl groups is 1. The minimum Gasteiger partial charge on any atom is -0.479 e. The fourth-order valence-electron chi connectivity index (χ4n) is 3.54. The van der Waals surface area contributed by atoms with Gasteiger partial charge < -0.3 is 24.1 Å². The van der Waals surface area contributed by atoms with E-state index in [2.05, 4.69) is 0 Å². The van der Waals surface area contributed by atoms with Crippen LogP contribution in [0.25, 0.3) is 0 Å². The van der Waals surface area contributed by atoms with Crippen molar-refractivity contribution in [1.82, 2.24) is 4.90 Å². The van der Waals surface area contributed by atoms with E-state index in [0.717, 1.165) is 10.5 Å². The molecule has 32 heavy (non-hydrogen) atoms. The van der Waals surface area contributed by atoms with Crippen LogP contribution in [-0.2, 0) is 35.0 Å². The molecule has 2 amide bonds. The average Bonchev–Trinajstić information content (AvgIpc) is 3.16. The summed E-state index contributed by atoms with van der Waals surface area (Å²) in [5, 5.41) is 8.73. The number of imide groups is 1. The van der Waals surface area contributed by atoms with Crippen LogP contribution in [0.3, 0.4) is 0 Å². The summed E-state index contributed by atoms with van der Waals surface area (Å²) in [5.41, 5.74) is 0.948. The monoisotopic (exact) mass is 445 g/mol. The van der Waals surface area contributed by atoms with Gasteiger partial charge in [0.25, 0.3) is 5.91 Å². The summed E-state index contributed by atoms with van der Waals surface area (Å²) in [6.45, 7) is 0.601. The molecule has 172 valence electrons. The molecule has 1 N–H and O–H groups in total. The van der Waals surface area contributed by atoms with Gasteiger partial charge in [-0.05, 0) is 36.6 Å². The third-order valence-corrected chi connectivity index (χ3v) is 5.08. The molecule has 0 saturated carbocycles. The summed E-state index contributed by atoms with van der Waals surface area (Å²) in [6.07, 6.45) is 2.14. The number of benzene rings is 1. The Kier molecular flexibility index (Phi) is 8.55. The van der Waals surface area contributed by atoms with Gasteiger partial charge in [0.2, 0.25) is 0 Å². The van der Waals surface area contributed by atoms with Crippen LogP contribution in [-0.4, -0.2) is 79.6 Å². The number of ketones is 1. The van der Waals surface area contributed by atoms with Crippen LogP contribution >= 0.6 is 0 Å². The van der Waals surface area contributed by atoms with Gasteiger partial charge in [0.05, 0.1) is 25.9 Å². The second kappa shape index (κ2) is 11.6. The first-order valence-electron chi connectivity index (χ1n) is 10.4. The van der Waals surface area contributed by atoms with E-state index in [0.29, 0.717) is 25.2 Å². The maximum Gasteiger partial charge on any atom is 0.417 e. The van der Waals surface area contributed by atoms with Crippen molar-refractivity contribution in [2.24, 2.45) is 0 Å². The van der Waals surface area contributed by atoms with E-state index in [1.807, 2.05) is 30.3 Å². The number of carbonyl (C=O) groups excluding carboxylic acids is 3. The first kappa shape index (κ1) is 23.6. The predicted octanol–water partition coefficient (Wildman–Crippen LogP) is 1.40. The van der Waals surface area contributed by atoms with Crippen LogP contribution in [0.2, 0.25) is 0 Å². The zero-order valence-electron chi connectivity index (χ0n) is 17.8. The maximum absolute atomic E-state index is 13.3. The number of carbonyl (C=O) groups is 3. The molecule has 2 heterocycles. The summed E-state index contributed by atoms with van der Waals surface area (Å²) in [5.74, 6) is -0.733. The van der Waals surface area contributed by atoms with Crippen LogP contribution < -0.4 is 0 Å². The SMILES string of the molecule is CO[C@@H](C(=O)N1C(=O)OC[C@H]1Cc1ccccc1)[C@H]1OC(=CCCOCCO)C=CC1=O. The van der Waals surface area contributed by atoms with Crippen molar-refractivity contribution in [2.75, 3.05) is 33.5 Å². The molecular weight excluding hydrogens is 418 g/mol. The average molecular weight is 445 g/mol. The lowest BCUT2D eigenvalue weighted by molar-refractivity contribution is -0.153. The van der Waals surface area contributed by atoms with Crippen molar-refractivity contribution in [3.63, 3.8) is 0 Å². The first-order valence-corrected chi connectivity index (χ1v) is 10.4. The van der Waals surface area contributed by atoms with E-state index >= 15 is 0 Å². The highest BCUT2D eigenvalue weighted by atomic mass is 16.6. The first-order chi connectivity index (χ1) is 15.5. The number of rotatable bonds is 10. The lowest BCUT2D eigenvalue weighted by Crippen LogP contribution is -2.53. The smallest absolute Gasteiger partial charge is 0.417 e. The van der Waals surface area contributed by atoms with Gasteiger partial charge in [-0.25, -0.2) is 9.69 Å². The summed E-state index contributed by atoms with van der Waals surface area (Å²) >= 11 is 0. The fraction of sp³-hybridized carbons (Fsp3) is 0.435. The zero-order chi connectivity index (χ0) is 22.9. The third kappa shape index (κ3) is 5.82. The highest BCUT2D eigenvalue weighted by Crippen LogP contribution is 2.24. The Hall–Kier alpha value is -3.01. The minimum absolute atomic E-state index is 0.0638. The number of nitrogens with zero attached hydrogens (tertiary/aromatic N) is 1. The molecule has 0 unspecified atom stereocenters. The van der Waals surface area contributed by atoms with Crippen LogP contribution in [0.1, 0.15) is 12.0 Å². The van der Waals surface area contributed by atoms with Crippen molar-refractivity contribution in [3.05, 3.63) is 59.9 Å². The maximum atomic E-state index is 13.3. The van der Waals surface area contributed by atoms with Crippen molar-refractivity contribution in [1.29, 1.82) is 0 Å². The molecule has 0 radical (unpaired) electrons. The second-order valence-corrected chi connectivity index (χ2v) is 7.29. The lowest BCUT2D eigenvalue weighted by atomic mass is 10.0. The quantitative estimate of drug-likeness (QED) is 0.538. The molecule has 0 aliphatic carbocycles. The molecule has 9 nitrogen and oxygen atoms in total. The van der Waals surface area contributed by atoms with Crippen molar-refractivity contribution in [2.45, 2.75) is 31.1 Å². The highest BCUT2D eigenvalue weighted by molar-refractivity contribution is 6.03. The standard InChI is InChI=1S/C23H27NO8/c1-29-21(20-19(26)10-9-18(32-20)8-5-12-30-13-11-25)22(27)24-17(15-31-23(24)28)14-16-6-3-2-4-7-16/h2-4,6-10,17,20-21,25H,5,11-15H2,1H3/t17-,20+,21-/m1/s1. The Bertz CT molecular complexity index is 866. The van der Waals surface area contributed by atoms with E-state index in [1.165, 1.54) is 19.3 Å². The van der Waals surface area contributed by atoms with Crippen LogP contribution in [0.5, 0.6) is 0 Å². The van der Waals surface area contributed by atoms with Crippen LogP contribution in [0, 0.1) is 0 Å². The van der Waals surface area contributed by atoms with Gasteiger partial charge in [0.15, 0.2) is 18.0 Å². The summed E-state index contributed by atoms with van der Waals surface area (Å²) < 4.78 is 21.4. The summed E-state index contributed by atoms with van der Waals surface area (Å²) in [4.78, 5) is 39.1. The van der Waals surface area contributed by atoms with E-state index < -0.39 is 36.0 Å². The molecule has 3 atom stereocenters. The Balaban J connectivity index is 1.70. The highest BCUT2D eigenvalue weighted by Gasteiger charge is 2.46. The van der Waals surface area contributed by atoms with Gasteiger partial charge in [0, 0.05) is 7.11 Å². The number of amides is 2. The number of cyclic esters (lactones) is 1. The molecule has 1 saturated heterocycles. The molecular formula is C23H27NO8.